The number of nitriles is 1. The van der Waals surface area contributed by atoms with E-state index in [9.17, 15) is 25.1 Å². The lowest BCUT2D eigenvalue weighted by atomic mass is 10.0. The molecule has 1 aromatic carbocycles. The monoisotopic (exact) mass is 280 g/mol. The van der Waals surface area contributed by atoms with Crippen molar-refractivity contribution >= 4 is 11.7 Å². The lowest BCUT2D eigenvalue weighted by molar-refractivity contribution is -0.386. The van der Waals surface area contributed by atoms with Gasteiger partial charge in [-0.2, -0.15) is 5.26 Å². The van der Waals surface area contributed by atoms with Gasteiger partial charge in [-0.25, -0.2) is 4.79 Å². The van der Waals surface area contributed by atoms with Gasteiger partial charge in [0.1, 0.15) is 6.10 Å². The number of aliphatic hydroxyl groups excluding tert-OH is 2. The largest absolute Gasteiger partial charge is 0.462 e. The van der Waals surface area contributed by atoms with E-state index in [1.165, 1.54) is 12.1 Å². The van der Waals surface area contributed by atoms with Crippen LogP contribution in [0.1, 0.15) is 28.9 Å². The third-order valence-electron chi connectivity index (χ3n) is 2.49. The van der Waals surface area contributed by atoms with E-state index in [-0.39, 0.29) is 17.7 Å². The molecule has 0 aliphatic rings. The van der Waals surface area contributed by atoms with Gasteiger partial charge in [0.25, 0.3) is 5.69 Å². The Morgan fingerprint density at radius 1 is 1.55 bits per heavy atom. The number of nitrogens with zero attached hydrogens (tertiary/aromatic N) is 2. The Morgan fingerprint density at radius 2 is 2.20 bits per heavy atom. The third-order valence-corrected chi connectivity index (χ3v) is 2.49. The molecule has 0 amide bonds. The number of nitro groups is 1. The molecule has 2 unspecified atom stereocenters. The Labute approximate surface area is 114 Å². The van der Waals surface area contributed by atoms with E-state index in [2.05, 4.69) is 0 Å². The number of esters is 1. The second-order valence-electron chi connectivity index (χ2n) is 3.77. The number of hydrogen-bond donors (Lipinski definition) is 2. The van der Waals surface area contributed by atoms with Crippen LogP contribution in [-0.2, 0) is 4.74 Å². The topological polar surface area (TPSA) is 134 Å². The number of benzene rings is 1. The fourth-order valence-corrected chi connectivity index (χ4v) is 1.53. The summed E-state index contributed by atoms with van der Waals surface area (Å²) in [5, 5.41) is 38.3. The number of carbonyl (C=O) groups excluding carboxylic acids is 1. The Kier molecular flexibility index (Phi) is 5.14. The molecule has 0 fully saturated rings. The zero-order valence-corrected chi connectivity index (χ0v) is 10.5. The smallest absolute Gasteiger partial charge is 0.338 e. The van der Waals surface area contributed by atoms with Crippen LogP contribution in [0.15, 0.2) is 18.2 Å². The number of aliphatic hydroxyl groups is 2. The quantitative estimate of drug-likeness (QED) is 0.350. The van der Waals surface area contributed by atoms with Crippen molar-refractivity contribution in [1.82, 2.24) is 0 Å². The number of nitro benzene ring substituents is 1. The minimum Gasteiger partial charge on any atom is -0.462 e. The molecule has 1 aromatic rings. The van der Waals surface area contributed by atoms with Crippen molar-refractivity contribution in [2.45, 2.75) is 19.1 Å². The van der Waals surface area contributed by atoms with E-state index in [4.69, 9.17) is 10.00 Å². The molecule has 0 aliphatic heterocycles. The summed E-state index contributed by atoms with van der Waals surface area (Å²) >= 11 is 0. The molecule has 20 heavy (non-hydrogen) atoms. The molecule has 0 saturated heterocycles. The van der Waals surface area contributed by atoms with Crippen molar-refractivity contribution in [2.24, 2.45) is 0 Å². The molecule has 8 heteroatoms. The molecule has 0 bridgehead atoms. The zero-order chi connectivity index (χ0) is 15.3. The van der Waals surface area contributed by atoms with Crippen molar-refractivity contribution in [3.63, 3.8) is 0 Å². The van der Waals surface area contributed by atoms with Crippen LogP contribution in [0.25, 0.3) is 0 Å². The predicted octanol–water partition coefficient (Wildman–Crippen LogP) is 0.689. The van der Waals surface area contributed by atoms with Crippen LogP contribution in [-0.4, -0.2) is 33.8 Å². The van der Waals surface area contributed by atoms with Gasteiger partial charge in [0, 0.05) is 6.07 Å². The van der Waals surface area contributed by atoms with Gasteiger partial charge in [-0.05, 0) is 19.1 Å². The van der Waals surface area contributed by atoms with Crippen LogP contribution in [0.3, 0.4) is 0 Å². The molecular formula is C12H12N2O6. The van der Waals surface area contributed by atoms with Crippen LogP contribution >= 0.6 is 0 Å². The second-order valence-corrected chi connectivity index (χ2v) is 3.77. The summed E-state index contributed by atoms with van der Waals surface area (Å²) in [6.07, 6.45) is -3.54. The second kappa shape index (κ2) is 6.60. The van der Waals surface area contributed by atoms with Gasteiger partial charge < -0.3 is 14.9 Å². The highest BCUT2D eigenvalue weighted by molar-refractivity contribution is 5.90. The van der Waals surface area contributed by atoms with E-state index in [0.717, 1.165) is 12.1 Å². The minimum atomic E-state index is -1.80. The van der Waals surface area contributed by atoms with Crippen LogP contribution in [0, 0.1) is 21.4 Å². The molecule has 0 aromatic heterocycles. The summed E-state index contributed by atoms with van der Waals surface area (Å²) in [7, 11) is 0. The molecule has 106 valence electrons. The molecule has 0 radical (unpaired) electrons. The normalized spacial score (nSPS) is 13.1. The van der Waals surface area contributed by atoms with Gasteiger partial charge >= 0.3 is 5.97 Å². The molecule has 0 saturated carbocycles. The Morgan fingerprint density at radius 3 is 2.70 bits per heavy atom. The van der Waals surface area contributed by atoms with Crippen molar-refractivity contribution in [3.8, 4) is 6.07 Å². The maximum absolute atomic E-state index is 11.5. The molecule has 2 N–H and O–H groups in total. The Balaban J connectivity index is 3.25. The first-order valence-electron chi connectivity index (χ1n) is 5.63. The zero-order valence-electron chi connectivity index (χ0n) is 10.5. The van der Waals surface area contributed by atoms with Gasteiger partial charge in [-0.15, -0.1) is 0 Å². The highest BCUT2D eigenvalue weighted by Gasteiger charge is 2.27. The average molecular weight is 280 g/mol. The van der Waals surface area contributed by atoms with Crippen LogP contribution in [0.5, 0.6) is 0 Å². The number of rotatable bonds is 5. The van der Waals surface area contributed by atoms with Crippen molar-refractivity contribution < 1.29 is 24.7 Å². The fourth-order valence-electron chi connectivity index (χ4n) is 1.53. The number of carbonyl (C=O) groups is 1. The first-order chi connectivity index (χ1) is 9.42. The van der Waals surface area contributed by atoms with Crippen molar-refractivity contribution in [2.75, 3.05) is 6.61 Å². The Hall–Kier alpha value is -2.50. The van der Waals surface area contributed by atoms with Crippen molar-refractivity contribution in [1.29, 1.82) is 5.26 Å². The Bertz CT molecular complexity index is 566. The summed E-state index contributed by atoms with van der Waals surface area (Å²) in [4.78, 5) is 21.6. The maximum atomic E-state index is 11.5. The first-order valence-corrected chi connectivity index (χ1v) is 5.63. The van der Waals surface area contributed by atoms with Crippen LogP contribution in [0.2, 0.25) is 0 Å². The van der Waals surface area contributed by atoms with Gasteiger partial charge in [-0.3, -0.25) is 10.1 Å². The fraction of sp³-hybridized carbons (Fsp3) is 0.333. The van der Waals surface area contributed by atoms with Gasteiger partial charge in [0.05, 0.1) is 28.7 Å². The van der Waals surface area contributed by atoms with Gasteiger partial charge in [-0.1, -0.05) is 0 Å². The summed E-state index contributed by atoms with van der Waals surface area (Å²) < 4.78 is 4.71. The minimum absolute atomic E-state index is 0.0547. The predicted molar refractivity (Wildman–Crippen MR) is 65.6 cm³/mol. The lowest BCUT2D eigenvalue weighted by Crippen LogP contribution is -2.17. The SMILES string of the molecule is CCOC(=O)c1ccc(C(O)C(O)C#N)c([N+](=O)[O-])c1. The highest BCUT2D eigenvalue weighted by Crippen LogP contribution is 2.28. The molecule has 0 heterocycles. The maximum Gasteiger partial charge on any atom is 0.338 e. The molecule has 2 atom stereocenters. The standard InChI is InChI=1S/C12H12N2O6/c1-2-20-12(17)7-3-4-8(9(5-7)14(18)19)11(16)10(15)6-13/h3-5,10-11,15-16H,2H2,1H3. The molecule has 8 nitrogen and oxygen atoms in total. The number of ether oxygens (including phenoxy) is 1. The third kappa shape index (κ3) is 3.28. The lowest BCUT2D eigenvalue weighted by Gasteiger charge is -2.12. The summed E-state index contributed by atoms with van der Waals surface area (Å²) in [5.41, 5.74) is -0.879. The van der Waals surface area contributed by atoms with E-state index < -0.39 is 28.8 Å². The van der Waals surface area contributed by atoms with Crippen LogP contribution in [0.4, 0.5) is 5.69 Å². The number of hydrogen-bond acceptors (Lipinski definition) is 7. The van der Waals surface area contributed by atoms with E-state index in [1.807, 2.05) is 0 Å². The van der Waals surface area contributed by atoms with Crippen LogP contribution < -0.4 is 0 Å². The molecular weight excluding hydrogens is 268 g/mol. The van der Waals surface area contributed by atoms with Gasteiger partial charge in [0.15, 0.2) is 6.10 Å². The molecule has 0 spiro atoms. The average Bonchev–Trinajstić information content (AvgIpc) is 2.45. The van der Waals surface area contributed by atoms with E-state index >= 15 is 0 Å². The van der Waals surface area contributed by atoms with E-state index in [1.54, 1.807) is 6.92 Å². The van der Waals surface area contributed by atoms with Crippen molar-refractivity contribution in [3.05, 3.63) is 39.4 Å². The summed E-state index contributed by atoms with van der Waals surface area (Å²) in [5.74, 6) is -0.738. The molecule has 1 rings (SSSR count). The van der Waals surface area contributed by atoms with E-state index in [0.29, 0.717) is 0 Å². The first kappa shape index (κ1) is 15.6. The highest BCUT2D eigenvalue weighted by atomic mass is 16.6. The summed E-state index contributed by atoms with van der Waals surface area (Å²) in [6, 6.07) is 4.63. The van der Waals surface area contributed by atoms with Gasteiger partial charge in [0.2, 0.25) is 0 Å². The molecule has 0 aliphatic carbocycles. The summed E-state index contributed by atoms with van der Waals surface area (Å²) in [6.45, 7) is 1.71.